The van der Waals surface area contributed by atoms with Crippen LogP contribution in [0.15, 0.2) is 48.5 Å². The Morgan fingerprint density at radius 3 is 2.34 bits per heavy atom. The molecule has 0 radical (unpaired) electrons. The van der Waals surface area contributed by atoms with Crippen LogP contribution in [-0.4, -0.2) is 32.2 Å². The third-order valence-electron chi connectivity index (χ3n) is 5.19. The van der Waals surface area contributed by atoms with Gasteiger partial charge in [0, 0.05) is 10.9 Å². The van der Waals surface area contributed by atoms with E-state index in [-0.39, 0.29) is 11.7 Å². The zero-order valence-electron chi connectivity index (χ0n) is 17.7. The number of aliphatic hydroxyl groups excluding tert-OH is 1. The third kappa shape index (κ3) is 4.01. The minimum absolute atomic E-state index is 0.0347. The minimum atomic E-state index is -3.33. The monoisotopic (exact) mass is 454 g/mol. The van der Waals surface area contributed by atoms with Crippen molar-refractivity contribution in [1.29, 1.82) is 0 Å². The second-order valence-electron chi connectivity index (χ2n) is 7.63. The van der Waals surface area contributed by atoms with Gasteiger partial charge in [-0.3, -0.25) is 0 Å². The summed E-state index contributed by atoms with van der Waals surface area (Å²) in [6.45, 7) is 4.84. The molecule has 0 saturated carbocycles. The molecule has 0 aliphatic rings. The van der Waals surface area contributed by atoms with Gasteiger partial charge in [-0.2, -0.15) is 4.89 Å². The van der Waals surface area contributed by atoms with Gasteiger partial charge < -0.3 is 9.84 Å². The van der Waals surface area contributed by atoms with E-state index in [2.05, 4.69) is 4.98 Å². The van der Waals surface area contributed by atoms with Gasteiger partial charge in [-0.25, -0.2) is 14.2 Å². The number of benzene rings is 2. The zero-order valence-corrected chi connectivity index (χ0v) is 18.6. The normalized spacial score (nSPS) is 14.5. The molecule has 3 rings (SSSR count). The van der Waals surface area contributed by atoms with Crippen LogP contribution in [0.3, 0.4) is 0 Å². The molecule has 164 valence electrons. The van der Waals surface area contributed by atoms with Crippen LogP contribution in [0.1, 0.15) is 32.4 Å². The fraction of sp³-hybridized carbons (Fsp3) is 0.250. The van der Waals surface area contributed by atoms with Gasteiger partial charge in [-0.05, 0) is 47.1 Å². The van der Waals surface area contributed by atoms with E-state index in [4.69, 9.17) is 11.2 Å². The highest BCUT2D eigenvalue weighted by atomic mass is 31.1. The van der Waals surface area contributed by atoms with Gasteiger partial charge >= 0.3 is 19.2 Å². The van der Waals surface area contributed by atoms with Gasteiger partial charge in [0.1, 0.15) is 11.9 Å². The van der Waals surface area contributed by atoms with Crippen molar-refractivity contribution < 1.29 is 28.5 Å². The van der Waals surface area contributed by atoms with Gasteiger partial charge in [-0.15, -0.1) is 6.42 Å². The van der Waals surface area contributed by atoms with Crippen molar-refractivity contribution in [3.05, 3.63) is 60.0 Å². The van der Waals surface area contributed by atoms with Crippen molar-refractivity contribution in [2.75, 3.05) is 0 Å². The molecule has 0 amide bonds. The molecule has 0 bridgehead atoms. The first-order valence-corrected chi connectivity index (χ1v) is 11.1. The SMILES string of the molecule is C#CC(C(=O)Oc1c(C(C)C)nc2ccccc2c1-c1ccc(F)cc1)(C(C)O)[P+](=O)O. The summed E-state index contributed by atoms with van der Waals surface area (Å²) < 4.78 is 31.3. The molecule has 0 spiro atoms. The summed E-state index contributed by atoms with van der Waals surface area (Å²) in [5.41, 5.74) is 2.03. The summed E-state index contributed by atoms with van der Waals surface area (Å²) in [6.07, 6.45) is 3.75. The lowest BCUT2D eigenvalue weighted by Crippen LogP contribution is -2.46. The Bertz CT molecular complexity index is 1230. The Morgan fingerprint density at radius 1 is 1.19 bits per heavy atom. The molecule has 1 heterocycles. The van der Waals surface area contributed by atoms with E-state index in [9.17, 15) is 23.7 Å². The number of hydrogen-bond donors (Lipinski definition) is 2. The molecule has 0 saturated heterocycles. The molecular weight excluding hydrogens is 432 g/mol. The van der Waals surface area contributed by atoms with Crippen LogP contribution in [0.2, 0.25) is 0 Å². The van der Waals surface area contributed by atoms with E-state index in [1.165, 1.54) is 24.3 Å². The number of nitrogens with zero attached hydrogens (tertiary/aromatic N) is 1. The number of carbonyl (C=O) groups excluding carboxylic acids is 1. The maximum atomic E-state index is 13.6. The highest BCUT2D eigenvalue weighted by molar-refractivity contribution is 7.42. The van der Waals surface area contributed by atoms with Crippen molar-refractivity contribution in [2.45, 2.75) is 37.9 Å². The Labute approximate surface area is 185 Å². The lowest BCUT2D eigenvalue weighted by atomic mass is 9.95. The summed E-state index contributed by atoms with van der Waals surface area (Å²) in [7, 11) is -3.33. The number of carbonyl (C=O) groups is 1. The van der Waals surface area contributed by atoms with E-state index in [0.717, 1.165) is 6.92 Å². The summed E-state index contributed by atoms with van der Waals surface area (Å²) >= 11 is 0. The molecular formula is C24H22FNO5P+. The van der Waals surface area contributed by atoms with Crippen molar-refractivity contribution in [3.8, 4) is 29.2 Å². The molecule has 3 atom stereocenters. The average Bonchev–Trinajstić information content (AvgIpc) is 2.74. The van der Waals surface area contributed by atoms with Crippen molar-refractivity contribution in [1.82, 2.24) is 4.98 Å². The maximum absolute atomic E-state index is 13.6. The number of aliphatic hydroxyl groups is 1. The first kappa shape index (κ1) is 23.5. The fourth-order valence-electron chi connectivity index (χ4n) is 3.42. The number of hydrogen-bond acceptors (Lipinski definition) is 5. The average molecular weight is 454 g/mol. The summed E-state index contributed by atoms with van der Waals surface area (Å²) in [6, 6.07) is 12.8. The number of esters is 1. The minimum Gasteiger partial charge on any atom is -0.419 e. The van der Waals surface area contributed by atoms with Crippen LogP contribution >= 0.6 is 8.03 Å². The summed E-state index contributed by atoms with van der Waals surface area (Å²) in [4.78, 5) is 27.6. The van der Waals surface area contributed by atoms with Gasteiger partial charge in [0.25, 0.3) is 0 Å². The second-order valence-corrected chi connectivity index (χ2v) is 8.88. The van der Waals surface area contributed by atoms with Crippen LogP contribution in [0, 0.1) is 18.2 Å². The van der Waals surface area contributed by atoms with Crippen molar-refractivity contribution in [2.24, 2.45) is 0 Å². The smallest absolute Gasteiger partial charge is 0.419 e. The van der Waals surface area contributed by atoms with Crippen LogP contribution < -0.4 is 4.74 Å². The first-order valence-electron chi connectivity index (χ1n) is 9.86. The molecule has 8 heteroatoms. The Hall–Kier alpha value is -3.17. The maximum Gasteiger partial charge on any atom is 0.540 e. The number of pyridine rings is 1. The number of fused-ring (bicyclic) bond motifs is 1. The number of halogens is 1. The van der Waals surface area contributed by atoms with Gasteiger partial charge in [0.05, 0.1) is 11.2 Å². The van der Waals surface area contributed by atoms with E-state index >= 15 is 0 Å². The van der Waals surface area contributed by atoms with E-state index in [0.29, 0.717) is 27.7 Å². The predicted molar refractivity (Wildman–Crippen MR) is 120 cm³/mol. The lowest BCUT2D eigenvalue weighted by Gasteiger charge is -2.22. The Balaban J connectivity index is 2.34. The zero-order chi connectivity index (χ0) is 23.6. The largest absolute Gasteiger partial charge is 0.540 e. The van der Waals surface area contributed by atoms with Gasteiger partial charge in [0.2, 0.25) is 0 Å². The molecule has 0 fully saturated rings. The number of para-hydroxylation sites is 1. The van der Waals surface area contributed by atoms with E-state index in [1.807, 2.05) is 25.8 Å². The molecule has 1 aromatic heterocycles. The highest BCUT2D eigenvalue weighted by Gasteiger charge is 2.62. The Morgan fingerprint density at radius 2 is 1.81 bits per heavy atom. The van der Waals surface area contributed by atoms with E-state index in [1.54, 1.807) is 18.2 Å². The van der Waals surface area contributed by atoms with Crippen LogP contribution in [0.4, 0.5) is 4.39 Å². The quantitative estimate of drug-likeness (QED) is 0.322. The molecule has 6 nitrogen and oxygen atoms in total. The fourth-order valence-corrected chi connectivity index (χ4v) is 4.06. The van der Waals surface area contributed by atoms with Crippen LogP contribution in [0.5, 0.6) is 5.75 Å². The first-order chi connectivity index (χ1) is 15.1. The van der Waals surface area contributed by atoms with Gasteiger partial charge in [0.15, 0.2) is 5.75 Å². The highest BCUT2D eigenvalue weighted by Crippen LogP contribution is 2.44. The predicted octanol–water partition coefficient (Wildman–Crippen LogP) is 4.56. The molecule has 0 aliphatic carbocycles. The second kappa shape index (κ2) is 9.13. The topological polar surface area (TPSA) is 96.7 Å². The van der Waals surface area contributed by atoms with Crippen molar-refractivity contribution in [3.63, 3.8) is 0 Å². The van der Waals surface area contributed by atoms with Crippen LogP contribution in [-0.2, 0) is 9.36 Å². The van der Waals surface area contributed by atoms with E-state index < -0.39 is 31.1 Å². The molecule has 32 heavy (non-hydrogen) atoms. The molecule has 2 aromatic carbocycles. The third-order valence-corrected chi connectivity index (χ3v) is 6.47. The molecule has 0 aliphatic heterocycles. The number of rotatable bonds is 6. The Kier molecular flexibility index (Phi) is 6.71. The molecule has 3 aromatic rings. The number of aromatic nitrogens is 1. The summed E-state index contributed by atoms with van der Waals surface area (Å²) in [5.74, 6) is 0.0950. The molecule has 2 N–H and O–H groups in total. The van der Waals surface area contributed by atoms with Gasteiger partial charge in [-0.1, -0.05) is 44.2 Å². The summed E-state index contributed by atoms with van der Waals surface area (Å²) in [5, 5.41) is 8.27. The number of ether oxygens (including phenoxy) is 1. The van der Waals surface area contributed by atoms with Crippen LogP contribution in [0.25, 0.3) is 22.0 Å². The lowest BCUT2D eigenvalue weighted by molar-refractivity contribution is -0.138. The molecule has 3 unspecified atom stereocenters. The van der Waals surface area contributed by atoms with Crippen molar-refractivity contribution >= 4 is 24.9 Å². The standard InChI is InChI=1S/C24H21FNO5P/c1-5-24(15(4)27,32(29)30)23(28)31-22-20(16-10-12-17(25)13-11-16)18-8-6-7-9-19(18)26-21(22)14(2)3/h1,6-15,27H,2-4H3/p+1. The number of terminal acetylenes is 1.